The summed E-state index contributed by atoms with van der Waals surface area (Å²) in [6.07, 6.45) is 0. The Kier molecular flexibility index (Phi) is 5.72. The minimum atomic E-state index is -3.90. The average molecular weight is 415 g/mol. The quantitative estimate of drug-likeness (QED) is 0.603. The van der Waals surface area contributed by atoms with Crippen LogP contribution in [0, 0.1) is 13.8 Å². The van der Waals surface area contributed by atoms with E-state index in [1.165, 1.54) is 24.3 Å². The van der Waals surface area contributed by atoms with Crippen molar-refractivity contribution >= 4 is 19.7 Å². The van der Waals surface area contributed by atoms with Gasteiger partial charge in [0, 0.05) is 0 Å². The van der Waals surface area contributed by atoms with Gasteiger partial charge in [0.05, 0.1) is 15.5 Å². The molecule has 3 aromatic carbocycles. The Bertz CT molecular complexity index is 1150. The van der Waals surface area contributed by atoms with Crippen LogP contribution in [0.5, 0.6) is 0 Å². The largest absolute Gasteiger partial charge is 0.224 e. The van der Waals surface area contributed by atoms with Gasteiger partial charge in [-0.25, -0.2) is 16.8 Å². The maximum atomic E-state index is 13.3. The Hall–Kier alpha value is -2.44. The van der Waals surface area contributed by atoms with E-state index >= 15 is 0 Å². The van der Waals surface area contributed by atoms with Gasteiger partial charge >= 0.3 is 0 Å². The molecule has 3 rings (SSSR count). The van der Waals surface area contributed by atoms with Crippen molar-refractivity contribution in [3.63, 3.8) is 0 Å². The fourth-order valence-corrected chi connectivity index (χ4v) is 6.91. The van der Waals surface area contributed by atoms with E-state index in [1.54, 1.807) is 54.6 Å². The monoisotopic (exact) mass is 414 g/mol. The minimum Gasteiger partial charge on any atom is -0.224 e. The van der Waals surface area contributed by atoms with Crippen LogP contribution in [0.4, 0.5) is 0 Å². The van der Waals surface area contributed by atoms with Gasteiger partial charge in [0.1, 0.15) is 5.25 Å². The van der Waals surface area contributed by atoms with E-state index in [0.29, 0.717) is 5.56 Å². The van der Waals surface area contributed by atoms with Gasteiger partial charge in [-0.15, -0.1) is 0 Å². The molecule has 0 spiro atoms. The minimum absolute atomic E-state index is 0.117. The zero-order valence-electron chi connectivity index (χ0n) is 15.7. The van der Waals surface area contributed by atoms with Crippen LogP contribution in [0.25, 0.3) is 0 Å². The van der Waals surface area contributed by atoms with Crippen LogP contribution in [-0.2, 0) is 19.7 Å². The summed E-state index contributed by atoms with van der Waals surface area (Å²) in [6, 6.07) is 21.4. The van der Waals surface area contributed by atoms with E-state index in [2.05, 4.69) is 0 Å². The number of hydrogen-bond donors (Lipinski definition) is 0. The van der Waals surface area contributed by atoms with Crippen molar-refractivity contribution in [1.82, 2.24) is 0 Å². The molecule has 0 aliphatic rings. The molecule has 0 amide bonds. The summed E-state index contributed by atoms with van der Waals surface area (Å²) in [6.45, 7) is 3.73. The molecule has 1 atom stereocenters. The highest BCUT2D eigenvalue weighted by Gasteiger charge is 2.34. The van der Waals surface area contributed by atoms with Crippen LogP contribution in [0.15, 0.2) is 88.7 Å². The lowest BCUT2D eigenvalue weighted by molar-refractivity contribution is 0.576. The molecule has 0 saturated carbocycles. The molecule has 28 heavy (non-hydrogen) atoms. The van der Waals surface area contributed by atoms with Gasteiger partial charge in [0.2, 0.25) is 0 Å². The predicted octanol–water partition coefficient (Wildman–Crippen LogP) is 4.29. The van der Waals surface area contributed by atoms with Gasteiger partial charge < -0.3 is 0 Å². The van der Waals surface area contributed by atoms with Gasteiger partial charge in [-0.3, -0.25) is 0 Å². The van der Waals surface area contributed by atoms with Crippen LogP contribution in [-0.4, -0.2) is 22.6 Å². The second-order valence-electron chi connectivity index (χ2n) is 6.85. The standard InChI is InChI=1S/C22H22O4S2/c1-17-8-12-20(13-9-17)27(23,24)16-22(19-6-4-3-5-7-19)28(25,26)21-14-10-18(2)11-15-21/h3-15,22H,16H2,1-2H3. The summed E-state index contributed by atoms with van der Waals surface area (Å²) in [4.78, 5) is 0.240. The first-order valence-corrected chi connectivity index (χ1v) is 12.0. The van der Waals surface area contributed by atoms with Crippen molar-refractivity contribution in [2.45, 2.75) is 28.9 Å². The van der Waals surface area contributed by atoms with Crippen molar-refractivity contribution in [2.24, 2.45) is 0 Å². The van der Waals surface area contributed by atoms with E-state index in [-0.39, 0.29) is 9.79 Å². The van der Waals surface area contributed by atoms with Gasteiger partial charge in [0.25, 0.3) is 0 Å². The van der Waals surface area contributed by atoms with E-state index in [9.17, 15) is 16.8 Å². The number of sulfone groups is 2. The highest BCUT2D eigenvalue weighted by molar-refractivity contribution is 7.95. The molecule has 0 aliphatic carbocycles. The third-order valence-electron chi connectivity index (χ3n) is 4.65. The molecule has 0 heterocycles. The summed E-state index contributed by atoms with van der Waals surface area (Å²) < 4.78 is 52.7. The third-order valence-corrected chi connectivity index (χ3v) is 8.74. The lowest BCUT2D eigenvalue weighted by Crippen LogP contribution is -2.23. The molecule has 0 bridgehead atoms. The first-order valence-electron chi connectivity index (χ1n) is 8.85. The van der Waals surface area contributed by atoms with Gasteiger partial charge in [0.15, 0.2) is 19.7 Å². The van der Waals surface area contributed by atoms with Crippen LogP contribution in [0.2, 0.25) is 0 Å². The fraction of sp³-hybridized carbons (Fsp3) is 0.182. The Morgan fingerprint density at radius 2 is 1.11 bits per heavy atom. The van der Waals surface area contributed by atoms with Crippen molar-refractivity contribution in [1.29, 1.82) is 0 Å². The average Bonchev–Trinajstić information content (AvgIpc) is 2.67. The molecule has 0 radical (unpaired) electrons. The van der Waals surface area contributed by atoms with Crippen LogP contribution in [0.3, 0.4) is 0 Å². The third kappa shape index (κ3) is 4.34. The fourth-order valence-electron chi connectivity index (χ4n) is 2.97. The maximum absolute atomic E-state index is 13.3. The number of benzene rings is 3. The first-order chi connectivity index (χ1) is 13.2. The molecule has 146 valence electrons. The maximum Gasteiger partial charge on any atom is 0.186 e. The molecule has 0 saturated heterocycles. The Labute approximate surface area is 166 Å². The zero-order chi connectivity index (χ0) is 20.4. The van der Waals surface area contributed by atoms with Gasteiger partial charge in [-0.1, -0.05) is 65.7 Å². The highest BCUT2D eigenvalue weighted by Crippen LogP contribution is 2.32. The summed E-state index contributed by atoms with van der Waals surface area (Å²) in [7, 11) is -7.70. The second kappa shape index (κ2) is 7.89. The van der Waals surface area contributed by atoms with E-state index in [4.69, 9.17) is 0 Å². The molecule has 4 nitrogen and oxygen atoms in total. The zero-order valence-corrected chi connectivity index (χ0v) is 17.4. The molecule has 0 aliphatic heterocycles. The summed E-state index contributed by atoms with van der Waals surface area (Å²) in [5.74, 6) is -0.518. The van der Waals surface area contributed by atoms with E-state index in [0.717, 1.165) is 11.1 Å². The SMILES string of the molecule is Cc1ccc(S(=O)(=O)CC(c2ccccc2)S(=O)(=O)c2ccc(C)cc2)cc1. The molecule has 6 heteroatoms. The molecule has 0 aromatic heterocycles. The van der Waals surface area contributed by atoms with Crippen molar-refractivity contribution in [2.75, 3.05) is 5.75 Å². The predicted molar refractivity (Wildman–Crippen MR) is 111 cm³/mol. The smallest absolute Gasteiger partial charge is 0.186 e. The van der Waals surface area contributed by atoms with Crippen LogP contribution in [0.1, 0.15) is 21.9 Å². The summed E-state index contributed by atoms with van der Waals surface area (Å²) in [5, 5.41) is -1.19. The molecule has 3 aromatic rings. The Morgan fingerprint density at radius 1 is 0.643 bits per heavy atom. The van der Waals surface area contributed by atoms with Crippen molar-refractivity contribution in [3.8, 4) is 0 Å². The van der Waals surface area contributed by atoms with E-state index < -0.39 is 30.7 Å². The molecular formula is C22H22O4S2. The number of rotatable bonds is 6. The lowest BCUT2D eigenvalue weighted by Gasteiger charge is -2.19. The topological polar surface area (TPSA) is 68.3 Å². The second-order valence-corrected chi connectivity index (χ2v) is 11.0. The van der Waals surface area contributed by atoms with E-state index in [1.807, 2.05) is 13.8 Å². The summed E-state index contributed by atoms with van der Waals surface area (Å²) >= 11 is 0. The normalized spacial score (nSPS) is 13.2. The van der Waals surface area contributed by atoms with Crippen LogP contribution < -0.4 is 0 Å². The number of aryl methyl sites for hydroxylation is 2. The van der Waals surface area contributed by atoms with Gasteiger partial charge in [-0.05, 0) is 43.7 Å². The number of hydrogen-bond acceptors (Lipinski definition) is 4. The lowest BCUT2D eigenvalue weighted by atomic mass is 10.2. The van der Waals surface area contributed by atoms with Gasteiger partial charge in [-0.2, -0.15) is 0 Å². The Morgan fingerprint density at radius 3 is 1.61 bits per heavy atom. The van der Waals surface area contributed by atoms with Crippen molar-refractivity contribution < 1.29 is 16.8 Å². The van der Waals surface area contributed by atoms with Crippen molar-refractivity contribution in [3.05, 3.63) is 95.6 Å². The highest BCUT2D eigenvalue weighted by atomic mass is 32.2. The molecule has 0 N–H and O–H groups in total. The first kappa shape index (κ1) is 20.3. The summed E-state index contributed by atoms with van der Waals surface area (Å²) in [5.41, 5.74) is 2.33. The Balaban J connectivity index is 2.08. The van der Waals surface area contributed by atoms with Crippen LogP contribution >= 0.6 is 0 Å². The molecule has 1 unspecified atom stereocenters. The molecule has 0 fully saturated rings. The molecular weight excluding hydrogens is 392 g/mol.